The summed E-state index contributed by atoms with van der Waals surface area (Å²) in [7, 11) is 0. The van der Waals surface area contributed by atoms with Crippen molar-refractivity contribution >= 4 is 51.0 Å². The van der Waals surface area contributed by atoms with Gasteiger partial charge in [0.15, 0.2) is 0 Å². The highest BCUT2D eigenvalue weighted by Crippen LogP contribution is 2.49. The summed E-state index contributed by atoms with van der Waals surface area (Å²) >= 11 is 0. The first-order valence-electron chi connectivity index (χ1n) is 12.1. The van der Waals surface area contributed by atoms with E-state index in [2.05, 4.69) is 119 Å². The van der Waals surface area contributed by atoms with Crippen LogP contribution in [0.3, 0.4) is 0 Å². The average Bonchev–Trinajstić information content (AvgIpc) is 3.24. The Morgan fingerprint density at radius 3 is 2.23 bits per heavy atom. The molecular formula is C31H21BN2O. The molecule has 1 aromatic heterocycles. The van der Waals surface area contributed by atoms with Crippen LogP contribution in [0.5, 0.6) is 11.5 Å². The van der Waals surface area contributed by atoms with Gasteiger partial charge >= 0.3 is 6.85 Å². The Morgan fingerprint density at radius 1 is 0.600 bits per heavy atom. The number of fused-ring (bicyclic) bond motifs is 7. The number of hydrogen-bond acceptors (Lipinski definition) is 2. The van der Waals surface area contributed by atoms with Gasteiger partial charge in [-0.2, -0.15) is 0 Å². The number of ether oxygens (including phenoxy) is 1. The molecule has 2 aliphatic heterocycles. The van der Waals surface area contributed by atoms with Crippen LogP contribution in [0.1, 0.15) is 5.56 Å². The number of anilines is 2. The molecule has 0 radical (unpaired) electrons. The van der Waals surface area contributed by atoms with Gasteiger partial charge in [-0.25, -0.2) is 0 Å². The van der Waals surface area contributed by atoms with Crippen molar-refractivity contribution in [3.63, 3.8) is 0 Å². The number of nitrogens with zero attached hydrogens (tertiary/aromatic N) is 2. The van der Waals surface area contributed by atoms with E-state index in [0.29, 0.717) is 0 Å². The summed E-state index contributed by atoms with van der Waals surface area (Å²) in [4.78, 5) is 2.50. The maximum absolute atomic E-state index is 6.41. The maximum atomic E-state index is 6.41. The van der Waals surface area contributed by atoms with Gasteiger partial charge in [0.2, 0.25) is 0 Å². The lowest BCUT2D eigenvalue weighted by atomic mass is 9.46. The van der Waals surface area contributed by atoms with Crippen molar-refractivity contribution in [2.75, 3.05) is 4.81 Å². The quantitative estimate of drug-likeness (QED) is 0.269. The summed E-state index contributed by atoms with van der Waals surface area (Å²) in [6.45, 7) is 2.19. The molecule has 0 N–H and O–H groups in total. The zero-order valence-electron chi connectivity index (χ0n) is 19.3. The highest BCUT2D eigenvalue weighted by molar-refractivity contribution is 6.92. The van der Waals surface area contributed by atoms with E-state index in [1.54, 1.807) is 0 Å². The number of rotatable bonds is 1. The molecule has 0 amide bonds. The summed E-state index contributed by atoms with van der Waals surface area (Å²) in [5, 5.41) is 2.59. The summed E-state index contributed by atoms with van der Waals surface area (Å²) in [6.07, 6.45) is 0. The van der Waals surface area contributed by atoms with Crippen LogP contribution in [0.2, 0.25) is 0 Å². The predicted molar refractivity (Wildman–Crippen MR) is 146 cm³/mol. The van der Waals surface area contributed by atoms with E-state index in [1.165, 1.54) is 44.0 Å². The standard InChI is InChI=1S/C31H21BN2O/c1-20-10-8-19-29-30(20)34(27-17-6-7-18-28(27)35-29)32-23-13-3-5-16-26(23)33-25-15-4-2-11-21(25)22-12-9-14-24(32)31(22)33/h2-19H,1H3. The van der Waals surface area contributed by atoms with Crippen molar-refractivity contribution in [2.24, 2.45) is 0 Å². The third kappa shape index (κ3) is 2.41. The first-order chi connectivity index (χ1) is 17.3. The Bertz CT molecular complexity index is 1820. The normalized spacial score (nSPS) is 13.4. The minimum Gasteiger partial charge on any atom is -0.453 e. The molecule has 5 aromatic carbocycles. The second kappa shape index (κ2) is 6.80. The van der Waals surface area contributed by atoms with E-state index >= 15 is 0 Å². The molecule has 0 aliphatic carbocycles. The molecule has 0 spiro atoms. The van der Waals surface area contributed by atoms with E-state index in [0.717, 1.165) is 22.9 Å². The zero-order chi connectivity index (χ0) is 23.1. The van der Waals surface area contributed by atoms with Crippen LogP contribution in [0.15, 0.2) is 109 Å². The van der Waals surface area contributed by atoms with Crippen LogP contribution in [-0.2, 0) is 0 Å². The first kappa shape index (κ1) is 18.9. The van der Waals surface area contributed by atoms with Crippen molar-refractivity contribution in [3.8, 4) is 17.2 Å². The number of aryl methyl sites for hydroxylation is 1. The van der Waals surface area contributed by atoms with Gasteiger partial charge in [-0.15, -0.1) is 0 Å². The van der Waals surface area contributed by atoms with Crippen molar-refractivity contribution in [2.45, 2.75) is 6.92 Å². The zero-order valence-corrected chi connectivity index (χ0v) is 19.3. The average molecular weight is 448 g/mol. The van der Waals surface area contributed by atoms with E-state index < -0.39 is 0 Å². The molecule has 0 saturated heterocycles. The van der Waals surface area contributed by atoms with Gasteiger partial charge in [-0.3, -0.25) is 0 Å². The fourth-order valence-electron chi connectivity index (χ4n) is 6.16. The summed E-state index contributed by atoms with van der Waals surface area (Å²) in [5.74, 6) is 1.79. The molecule has 0 bridgehead atoms. The molecule has 8 rings (SSSR count). The summed E-state index contributed by atoms with van der Waals surface area (Å²) in [6, 6.07) is 39.1. The SMILES string of the molecule is Cc1cccc2c1N(B1c3ccccc3-n3c4ccccc4c4cccc1c43)c1ccccc1O2. The predicted octanol–water partition coefficient (Wildman–Crippen LogP) is 6.46. The highest BCUT2D eigenvalue weighted by Gasteiger charge is 2.41. The Hall–Kier alpha value is -4.44. The van der Waals surface area contributed by atoms with Crippen LogP contribution in [0.4, 0.5) is 11.4 Å². The molecule has 4 heteroatoms. The maximum Gasteiger partial charge on any atom is 0.332 e. The Kier molecular flexibility index (Phi) is 3.68. The molecule has 0 atom stereocenters. The lowest BCUT2D eigenvalue weighted by Crippen LogP contribution is -2.58. The van der Waals surface area contributed by atoms with Crippen LogP contribution < -0.4 is 20.5 Å². The molecule has 0 fully saturated rings. The number of para-hydroxylation sites is 6. The monoisotopic (exact) mass is 448 g/mol. The fourth-order valence-corrected chi connectivity index (χ4v) is 6.16. The molecule has 0 saturated carbocycles. The van der Waals surface area contributed by atoms with Gasteiger partial charge in [-0.05, 0) is 53.7 Å². The van der Waals surface area contributed by atoms with Gasteiger partial charge in [0.25, 0.3) is 0 Å². The first-order valence-corrected chi connectivity index (χ1v) is 12.1. The van der Waals surface area contributed by atoms with Gasteiger partial charge in [0, 0.05) is 16.5 Å². The molecular weight excluding hydrogens is 427 g/mol. The third-order valence-corrected chi connectivity index (χ3v) is 7.54. The number of benzene rings is 5. The van der Waals surface area contributed by atoms with Crippen molar-refractivity contribution in [1.82, 2.24) is 4.57 Å². The van der Waals surface area contributed by atoms with Crippen molar-refractivity contribution < 1.29 is 4.74 Å². The van der Waals surface area contributed by atoms with Crippen molar-refractivity contribution in [1.29, 1.82) is 0 Å². The second-order valence-corrected chi connectivity index (χ2v) is 9.42. The molecule has 3 nitrogen and oxygen atoms in total. The van der Waals surface area contributed by atoms with Crippen LogP contribution in [0, 0.1) is 6.92 Å². The smallest absolute Gasteiger partial charge is 0.332 e. The summed E-state index contributed by atoms with van der Waals surface area (Å²) in [5.41, 5.74) is 9.80. The highest BCUT2D eigenvalue weighted by atomic mass is 16.5. The molecule has 3 heterocycles. The van der Waals surface area contributed by atoms with E-state index in [4.69, 9.17) is 4.74 Å². The second-order valence-electron chi connectivity index (χ2n) is 9.42. The molecule has 2 aliphatic rings. The van der Waals surface area contributed by atoms with E-state index in [-0.39, 0.29) is 6.85 Å². The van der Waals surface area contributed by atoms with Gasteiger partial charge in [0.05, 0.1) is 22.4 Å². The number of aromatic nitrogens is 1. The third-order valence-electron chi connectivity index (χ3n) is 7.54. The largest absolute Gasteiger partial charge is 0.453 e. The molecule has 6 aromatic rings. The minimum absolute atomic E-state index is 0.0108. The molecule has 164 valence electrons. The fraction of sp³-hybridized carbons (Fsp3) is 0.0323. The Morgan fingerprint density at radius 2 is 1.29 bits per heavy atom. The van der Waals surface area contributed by atoms with Gasteiger partial charge in [0.1, 0.15) is 11.5 Å². The minimum atomic E-state index is 0.0108. The van der Waals surface area contributed by atoms with Crippen LogP contribution in [-0.4, -0.2) is 11.4 Å². The molecule has 35 heavy (non-hydrogen) atoms. The number of hydrogen-bond donors (Lipinski definition) is 0. The molecule has 0 unspecified atom stereocenters. The van der Waals surface area contributed by atoms with Crippen LogP contribution in [0.25, 0.3) is 27.5 Å². The lowest BCUT2D eigenvalue weighted by molar-refractivity contribution is 0.477. The lowest BCUT2D eigenvalue weighted by Gasteiger charge is -2.40. The van der Waals surface area contributed by atoms with Gasteiger partial charge in [-0.1, -0.05) is 78.9 Å². The van der Waals surface area contributed by atoms with Crippen LogP contribution >= 0.6 is 0 Å². The Balaban J connectivity index is 1.54. The van der Waals surface area contributed by atoms with Crippen molar-refractivity contribution in [3.05, 3.63) is 115 Å². The van der Waals surface area contributed by atoms with Gasteiger partial charge < -0.3 is 14.1 Å². The Labute approximate surface area is 203 Å². The van der Waals surface area contributed by atoms with E-state index in [1.807, 2.05) is 6.07 Å². The topological polar surface area (TPSA) is 17.4 Å². The van der Waals surface area contributed by atoms with E-state index in [9.17, 15) is 0 Å². The summed E-state index contributed by atoms with van der Waals surface area (Å²) < 4.78 is 8.87.